The summed E-state index contributed by atoms with van der Waals surface area (Å²) in [6, 6.07) is 20.6. The molecule has 0 spiro atoms. The Bertz CT molecular complexity index is 2230. The van der Waals surface area contributed by atoms with Crippen molar-refractivity contribution in [2.45, 2.75) is 133 Å². The zero-order valence-electron chi connectivity index (χ0n) is 44.0. The average molecular weight is 939 g/mol. The van der Waals surface area contributed by atoms with Crippen molar-refractivity contribution in [3.8, 4) is 22.5 Å². The minimum Gasteiger partial charge on any atom is -0.458 e. The van der Waals surface area contributed by atoms with E-state index in [1.807, 2.05) is 31.2 Å². The van der Waals surface area contributed by atoms with Crippen molar-refractivity contribution < 1.29 is 23.4 Å². The van der Waals surface area contributed by atoms with E-state index in [9.17, 15) is 4.79 Å². The fourth-order valence-corrected chi connectivity index (χ4v) is 8.45. The molecule has 0 aromatic heterocycles. The number of esters is 1. The lowest BCUT2D eigenvalue weighted by Gasteiger charge is -2.38. The third-order valence-electron chi connectivity index (χ3n) is 13.3. The van der Waals surface area contributed by atoms with E-state index in [2.05, 4.69) is 165 Å². The molecule has 0 amide bonds. The molecule has 2 aromatic rings. The van der Waals surface area contributed by atoms with E-state index in [0.29, 0.717) is 35.8 Å². The lowest BCUT2D eigenvalue weighted by atomic mass is 9.73. The van der Waals surface area contributed by atoms with Crippen LogP contribution in [-0.2, 0) is 14.2 Å². The van der Waals surface area contributed by atoms with E-state index in [-0.39, 0.29) is 23.8 Å². The SMILES string of the molecule is C=NC.CCN(CC)c1ccc2c(-c3ccccc3C(=O)OC/C(C)=C/CCCC(C)(C)OCCC(C)(C)OCC3CCC3/C=C\C(C)C(C)C)c3ccc(=[N+](CC)CC)cc-3oc2c1.CS. The number of hydrogen-bond donors (Lipinski definition) is 1. The van der Waals surface area contributed by atoms with Crippen molar-refractivity contribution >= 4 is 42.0 Å². The lowest BCUT2D eigenvalue weighted by Crippen LogP contribution is -2.35. The Labute approximate surface area is 411 Å². The van der Waals surface area contributed by atoms with Gasteiger partial charge in [0, 0.05) is 54.5 Å². The Kier molecular flexibility index (Phi) is 24.2. The second-order valence-corrected chi connectivity index (χ2v) is 19.5. The minimum absolute atomic E-state index is 0.216. The Morgan fingerprint density at radius 2 is 1.60 bits per heavy atom. The first kappa shape index (κ1) is 57.1. The van der Waals surface area contributed by atoms with Crippen molar-refractivity contribution in [2.75, 3.05) is 64.2 Å². The van der Waals surface area contributed by atoms with E-state index in [1.54, 1.807) is 13.3 Å². The number of nitrogens with zero attached hydrogens (tertiary/aromatic N) is 3. The number of fused-ring (bicyclic) bond motifs is 2. The highest BCUT2D eigenvalue weighted by atomic mass is 32.1. The fourth-order valence-electron chi connectivity index (χ4n) is 8.45. The molecule has 3 unspecified atom stereocenters. The molecule has 0 N–H and O–H groups in total. The van der Waals surface area contributed by atoms with Gasteiger partial charge in [0.05, 0.1) is 36.0 Å². The number of aliphatic imine (C=N–C) groups is 1. The molecule has 5 rings (SSSR count). The molecule has 370 valence electrons. The molecule has 3 atom stereocenters. The molecular weight excluding hydrogens is 851 g/mol. The van der Waals surface area contributed by atoms with Gasteiger partial charge in [-0.1, -0.05) is 57.2 Å². The van der Waals surface area contributed by atoms with Crippen LogP contribution in [0.3, 0.4) is 0 Å². The highest BCUT2D eigenvalue weighted by Crippen LogP contribution is 2.42. The summed E-state index contributed by atoms with van der Waals surface area (Å²) >= 11 is 3.53. The Morgan fingerprint density at radius 3 is 2.22 bits per heavy atom. The maximum atomic E-state index is 14.0. The predicted octanol–water partition coefficient (Wildman–Crippen LogP) is 13.9. The molecule has 8 nitrogen and oxygen atoms in total. The summed E-state index contributed by atoms with van der Waals surface area (Å²) in [4.78, 5) is 19.5. The van der Waals surface area contributed by atoms with Crippen molar-refractivity contribution in [1.82, 2.24) is 4.58 Å². The van der Waals surface area contributed by atoms with Gasteiger partial charge < -0.3 is 28.5 Å². The van der Waals surface area contributed by atoms with Crippen LogP contribution in [0.5, 0.6) is 0 Å². The maximum absolute atomic E-state index is 14.0. The van der Waals surface area contributed by atoms with Crippen LogP contribution in [0.2, 0.25) is 0 Å². The number of thiol groups is 1. The number of carbonyl (C=O) groups is 1. The van der Waals surface area contributed by atoms with E-state index < -0.39 is 0 Å². The van der Waals surface area contributed by atoms with Gasteiger partial charge in [-0.2, -0.15) is 12.6 Å². The van der Waals surface area contributed by atoms with Gasteiger partial charge in [-0.15, -0.1) is 0 Å². The van der Waals surface area contributed by atoms with Gasteiger partial charge in [-0.05, 0) is 173 Å². The van der Waals surface area contributed by atoms with Gasteiger partial charge in [-0.25, -0.2) is 9.37 Å². The molecule has 2 aliphatic carbocycles. The molecular formula is C58H88N3O5S+. The highest BCUT2D eigenvalue weighted by Gasteiger charge is 2.32. The number of hydrogen-bond acceptors (Lipinski definition) is 8. The fraction of sp³-hybridized carbons (Fsp3) is 0.569. The first-order valence-corrected chi connectivity index (χ1v) is 25.9. The van der Waals surface area contributed by atoms with Crippen molar-refractivity contribution in [1.29, 1.82) is 0 Å². The molecule has 3 aliphatic rings. The molecule has 1 aliphatic heterocycles. The van der Waals surface area contributed by atoms with E-state index in [0.717, 1.165) is 109 Å². The van der Waals surface area contributed by atoms with Crippen LogP contribution in [0.1, 0.15) is 132 Å². The monoisotopic (exact) mass is 939 g/mol. The Hall–Kier alpha value is -4.18. The molecule has 0 saturated heterocycles. The molecule has 1 fully saturated rings. The number of allylic oxidation sites excluding steroid dienone is 3. The van der Waals surface area contributed by atoms with Crippen molar-refractivity contribution in [3.05, 3.63) is 95.4 Å². The zero-order chi connectivity index (χ0) is 49.7. The van der Waals surface area contributed by atoms with Crippen LogP contribution >= 0.6 is 12.6 Å². The standard InChI is InChI=1S/C55H79N2O5.C2H5N.CH4S/c1-13-56(14-2)44-28-30-48-50(35-44)62-51-36-45(57(15-3)16-4)29-31-49(51)52(48)46-22-17-18-23-47(46)53(58)59-37-40(7)21-19-20-32-54(9,10)60-34-33-55(11,12)61-38-43-27-26-42(43)25-24-41(8)39(5)6;1-3-2;1-2/h17-18,21-25,28-31,35-36,39,41-43H,13-16,19-20,26-27,32-34,37-38H2,1-12H3;1H2,2H3;2H,1H3/q+1;;/b25-24-,40-21+;;. The highest BCUT2D eigenvalue weighted by molar-refractivity contribution is 7.79. The molecule has 9 heteroatoms. The molecule has 1 heterocycles. The van der Waals surface area contributed by atoms with E-state index in [1.165, 1.54) is 12.8 Å². The molecule has 2 aromatic carbocycles. The maximum Gasteiger partial charge on any atom is 0.339 e. The predicted molar refractivity (Wildman–Crippen MR) is 290 cm³/mol. The van der Waals surface area contributed by atoms with Crippen LogP contribution in [0, 0.1) is 23.7 Å². The van der Waals surface area contributed by atoms with Gasteiger partial charge in [0.2, 0.25) is 5.36 Å². The molecule has 67 heavy (non-hydrogen) atoms. The lowest BCUT2D eigenvalue weighted by molar-refractivity contribution is -0.0917. The third-order valence-corrected chi connectivity index (χ3v) is 13.3. The quantitative estimate of drug-likeness (QED) is 0.0152. The van der Waals surface area contributed by atoms with Gasteiger partial charge in [-0.3, -0.25) is 0 Å². The van der Waals surface area contributed by atoms with Gasteiger partial charge >= 0.3 is 5.97 Å². The number of unbranched alkanes of at least 4 members (excludes halogenated alkanes) is 1. The van der Waals surface area contributed by atoms with Crippen LogP contribution in [0.15, 0.2) is 93.9 Å². The molecule has 0 radical (unpaired) electrons. The number of ether oxygens (including phenoxy) is 3. The summed E-state index contributed by atoms with van der Waals surface area (Å²) in [6.45, 7) is 34.8. The smallest absolute Gasteiger partial charge is 0.339 e. The van der Waals surface area contributed by atoms with E-state index >= 15 is 0 Å². The van der Waals surface area contributed by atoms with Gasteiger partial charge in [0.15, 0.2) is 0 Å². The van der Waals surface area contributed by atoms with Gasteiger partial charge in [0.1, 0.15) is 31.0 Å². The first-order chi connectivity index (χ1) is 32.0. The van der Waals surface area contributed by atoms with Crippen LogP contribution < -0.4 is 14.8 Å². The third kappa shape index (κ3) is 17.1. The van der Waals surface area contributed by atoms with E-state index in [4.69, 9.17) is 18.6 Å². The number of anilines is 1. The second-order valence-electron chi connectivity index (χ2n) is 19.5. The largest absolute Gasteiger partial charge is 0.458 e. The zero-order valence-corrected chi connectivity index (χ0v) is 44.9. The number of rotatable bonds is 23. The van der Waals surface area contributed by atoms with Gasteiger partial charge in [0.25, 0.3) is 0 Å². The topological polar surface area (TPSA) is 76.5 Å². The summed E-state index contributed by atoms with van der Waals surface area (Å²) in [5.74, 6) is 3.03. The number of benzene rings is 3. The minimum atomic E-state index is -0.336. The summed E-state index contributed by atoms with van der Waals surface area (Å²) in [7, 11) is 1.64. The first-order valence-electron chi connectivity index (χ1n) is 25.0. The van der Waals surface area contributed by atoms with Crippen LogP contribution in [-0.4, -0.2) is 83.2 Å². The summed E-state index contributed by atoms with van der Waals surface area (Å²) in [5, 5.41) is 2.07. The number of carbonyl (C=O) groups excluding carboxylic acids is 1. The van der Waals surface area contributed by atoms with Crippen molar-refractivity contribution in [2.24, 2.45) is 28.7 Å². The van der Waals surface area contributed by atoms with Crippen molar-refractivity contribution in [3.63, 3.8) is 0 Å². The molecule has 0 bridgehead atoms. The molecule has 1 saturated carbocycles. The average Bonchev–Trinajstić information content (AvgIpc) is 3.30. The van der Waals surface area contributed by atoms with Crippen LogP contribution in [0.4, 0.5) is 5.69 Å². The summed E-state index contributed by atoms with van der Waals surface area (Å²) in [6.07, 6.45) is 15.0. The van der Waals surface area contributed by atoms with Crippen LogP contribution in [0.25, 0.3) is 33.4 Å². The Balaban J connectivity index is 0.00000229. The normalized spacial score (nSPS) is 15.7. The Morgan fingerprint density at radius 1 is 0.925 bits per heavy atom. The second kappa shape index (κ2) is 28.3. The summed E-state index contributed by atoms with van der Waals surface area (Å²) < 4.78 is 27.9. The summed E-state index contributed by atoms with van der Waals surface area (Å²) in [5.41, 5.74) is 5.79.